The monoisotopic (exact) mass is 386 g/mol. The number of furan rings is 1. The zero-order valence-corrected chi connectivity index (χ0v) is 16.3. The average molecular weight is 386 g/mol. The lowest BCUT2D eigenvalue weighted by molar-refractivity contribution is -0.132. The first-order chi connectivity index (χ1) is 13.6. The first-order valence-electron chi connectivity index (χ1n) is 9.47. The van der Waals surface area contributed by atoms with Gasteiger partial charge in [-0.1, -0.05) is 6.07 Å². The molecular formula is C21H26N2O5. The molecule has 2 amide bonds. The van der Waals surface area contributed by atoms with E-state index in [0.717, 1.165) is 24.9 Å². The van der Waals surface area contributed by atoms with E-state index in [9.17, 15) is 9.59 Å². The third-order valence-corrected chi connectivity index (χ3v) is 4.96. The molecule has 1 aliphatic rings. The summed E-state index contributed by atoms with van der Waals surface area (Å²) in [6, 6.07) is 9.13. The predicted molar refractivity (Wildman–Crippen MR) is 104 cm³/mol. The fourth-order valence-electron chi connectivity index (χ4n) is 3.55. The van der Waals surface area contributed by atoms with Gasteiger partial charge in [0.25, 0.3) is 5.91 Å². The van der Waals surface area contributed by atoms with Crippen LogP contribution < -0.4 is 14.8 Å². The number of nitrogens with zero attached hydrogens (tertiary/aromatic N) is 1. The van der Waals surface area contributed by atoms with E-state index in [1.54, 1.807) is 26.4 Å². The van der Waals surface area contributed by atoms with E-state index in [2.05, 4.69) is 5.32 Å². The van der Waals surface area contributed by atoms with Gasteiger partial charge >= 0.3 is 0 Å². The molecule has 1 aromatic carbocycles. The van der Waals surface area contributed by atoms with E-state index in [4.69, 9.17) is 13.9 Å². The molecule has 2 aromatic rings. The van der Waals surface area contributed by atoms with E-state index >= 15 is 0 Å². The summed E-state index contributed by atoms with van der Waals surface area (Å²) in [4.78, 5) is 26.5. The van der Waals surface area contributed by atoms with Gasteiger partial charge in [-0.05, 0) is 49.1 Å². The van der Waals surface area contributed by atoms with Gasteiger partial charge < -0.3 is 24.1 Å². The molecule has 1 unspecified atom stereocenters. The van der Waals surface area contributed by atoms with Crippen molar-refractivity contribution in [3.8, 4) is 11.5 Å². The SMILES string of the molecule is COc1ccc(C2CCCN2C(=O)CCCNC(=O)c2ccco2)cc1OC. The lowest BCUT2D eigenvalue weighted by atomic mass is 10.0. The van der Waals surface area contributed by atoms with Gasteiger partial charge in [0.15, 0.2) is 17.3 Å². The highest BCUT2D eigenvalue weighted by Crippen LogP contribution is 2.37. The number of amides is 2. The predicted octanol–water partition coefficient (Wildman–Crippen LogP) is 3.17. The molecule has 1 aromatic heterocycles. The number of ether oxygens (including phenoxy) is 2. The molecule has 0 radical (unpaired) electrons. The van der Waals surface area contributed by atoms with E-state index in [0.29, 0.717) is 30.9 Å². The van der Waals surface area contributed by atoms with Crippen molar-refractivity contribution in [2.45, 2.75) is 31.7 Å². The minimum absolute atomic E-state index is 0.0463. The third-order valence-electron chi connectivity index (χ3n) is 4.96. The van der Waals surface area contributed by atoms with Crippen LogP contribution >= 0.6 is 0 Å². The maximum absolute atomic E-state index is 12.7. The van der Waals surface area contributed by atoms with Gasteiger partial charge in [0, 0.05) is 19.5 Å². The van der Waals surface area contributed by atoms with Crippen LogP contribution in [0.3, 0.4) is 0 Å². The van der Waals surface area contributed by atoms with Gasteiger partial charge in [-0.15, -0.1) is 0 Å². The van der Waals surface area contributed by atoms with Crippen LogP contribution in [0.1, 0.15) is 47.8 Å². The van der Waals surface area contributed by atoms with E-state index in [-0.39, 0.29) is 23.6 Å². The first-order valence-corrected chi connectivity index (χ1v) is 9.47. The summed E-state index contributed by atoms with van der Waals surface area (Å²) < 4.78 is 15.7. The Kier molecular flexibility index (Phi) is 6.57. The lowest BCUT2D eigenvalue weighted by Crippen LogP contribution is -2.31. The highest BCUT2D eigenvalue weighted by atomic mass is 16.5. The molecule has 28 heavy (non-hydrogen) atoms. The highest BCUT2D eigenvalue weighted by molar-refractivity contribution is 5.91. The van der Waals surface area contributed by atoms with E-state index in [1.165, 1.54) is 6.26 Å². The smallest absolute Gasteiger partial charge is 0.286 e. The Balaban J connectivity index is 1.54. The molecule has 0 bridgehead atoms. The Hall–Kier alpha value is -2.96. The van der Waals surface area contributed by atoms with Crippen molar-refractivity contribution in [2.75, 3.05) is 27.3 Å². The van der Waals surface area contributed by atoms with Gasteiger partial charge in [0.2, 0.25) is 5.91 Å². The molecule has 1 aliphatic heterocycles. The maximum Gasteiger partial charge on any atom is 0.286 e. The van der Waals surface area contributed by atoms with Crippen molar-refractivity contribution in [3.63, 3.8) is 0 Å². The van der Waals surface area contributed by atoms with Crippen LogP contribution in [-0.4, -0.2) is 44.0 Å². The second-order valence-corrected chi connectivity index (χ2v) is 6.70. The average Bonchev–Trinajstić information content (AvgIpc) is 3.42. The fourth-order valence-corrected chi connectivity index (χ4v) is 3.55. The Labute approximate surface area is 164 Å². The highest BCUT2D eigenvalue weighted by Gasteiger charge is 2.30. The molecule has 150 valence electrons. The maximum atomic E-state index is 12.7. The quantitative estimate of drug-likeness (QED) is 0.705. The Bertz CT molecular complexity index is 803. The summed E-state index contributed by atoms with van der Waals surface area (Å²) in [6.07, 6.45) is 4.33. The minimum atomic E-state index is -0.262. The molecule has 0 spiro atoms. The number of hydrogen-bond acceptors (Lipinski definition) is 5. The summed E-state index contributed by atoms with van der Waals surface area (Å²) in [5.41, 5.74) is 1.05. The first kappa shape index (κ1) is 19.8. The normalized spacial score (nSPS) is 16.1. The van der Waals surface area contributed by atoms with Crippen molar-refractivity contribution < 1.29 is 23.5 Å². The molecule has 7 heteroatoms. The van der Waals surface area contributed by atoms with Gasteiger partial charge in [0.1, 0.15) is 0 Å². The number of carbonyl (C=O) groups is 2. The number of nitrogens with one attached hydrogen (secondary N) is 1. The number of methoxy groups -OCH3 is 2. The zero-order valence-electron chi connectivity index (χ0n) is 16.3. The molecule has 0 aliphatic carbocycles. The lowest BCUT2D eigenvalue weighted by Gasteiger charge is -2.26. The molecule has 1 atom stereocenters. The van der Waals surface area contributed by atoms with Crippen LogP contribution in [0.5, 0.6) is 11.5 Å². The van der Waals surface area contributed by atoms with Crippen LogP contribution in [0.25, 0.3) is 0 Å². The van der Waals surface area contributed by atoms with Crippen LogP contribution in [0.15, 0.2) is 41.0 Å². The summed E-state index contributed by atoms with van der Waals surface area (Å²) in [6.45, 7) is 1.18. The second-order valence-electron chi connectivity index (χ2n) is 6.70. The standard InChI is InChI=1S/C21H26N2O5/c1-26-17-10-9-15(14-19(17)27-2)16-6-4-12-23(16)20(24)8-3-11-22-21(25)18-7-5-13-28-18/h5,7,9-10,13-14,16H,3-4,6,8,11-12H2,1-2H3,(H,22,25). The molecule has 1 N–H and O–H groups in total. The van der Waals surface area contributed by atoms with E-state index in [1.807, 2.05) is 23.1 Å². The number of likely N-dealkylation sites (tertiary alicyclic amines) is 1. The summed E-state index contributed by atoms with van der Waals surface area (Å²) in [5.74, 6) is 1.46. The molecular weight excluding hydrogens is 360 g/mol. The molecule has 7 nitrogen and oxygen atoms in total. The van der Waals surface area contributed by atoms with Gasteiger partial charge in [-0.2, -0.15) is 0 Å². The van der Waals surface area contributed by atoms with Crippen molar-refractivity contribution in [1.29, 1.82) is 0 Å². The van der Waals surface area contributed by atoms with Crippen LogP contribution in [0, 0.1) is 0 Å². The zero-order chi connectivity index (χ0) is 19.9. The Morgan fingerprint density at radius 3 is 2.75 bits per heavy atom. The van der Waals surface area contributed by atoms with Crippen molar-refractivity contribution >= 4 is 11.8 Å². The van der Waals surface area contributed by atoms with Gasteiger partial charge in [-0.3, -0.25) is 9.59 Å². The number of hydrogen-bond donors (Lipinski definition) is 1. The Morgan fingerprint density at radius 2 is 2.04 bits per heavy atom. The molecule has 1 saturated heterocycles. The second kappa shape index (κ2) is 9.30. The molecule has 2 heterocycles. The molecule has 1 fully saturated rings. The van der Waals surface area contributed by atoms with Crippen LogP contribution in [-0.2, 0) is 4.79 Å². The Morgan fingerprint density at radius 1 is 1.21 bits per heavy atom. The largest absolute Gasteiger partial charge is 0.493 e. The van der Waals surface area contributed by atoms with Crippen molar-refractivity contribution in [1.82, 2.24) is 10.2 Å². The van der Waals surface area contributed by atoms with Gasteiger partial charge in [0.05, 0.1) is 26.5 Å². The summed E-state index contributed by atoms with van der Waals surface area (Å²) >= 11 is 0. The van der Waals surface area contributed by atoms with Crippen molar-refractivity contribution in [2.24, 2.45) is 0 Å². The minimum Gasteiger partial charge on any atom is -0.493 e. The van der Waals surface area contributed by atoms with Crippen LogP contribution in [0.2, 0.25) is 0 Å². The molecule has 0 saturated carbocycles. The summed E-state index contributed by atoms with van der Waals surface area (Å²) in [7, 11) is 3.21. The topological polar surface area (TPSA) is 81.0 Å². The summed E-state index contributed by atoms with van der Waals surface area (Å²) in [5, 5.41) is 2.77. The van der Waals surface area contributed by atoms with Gasteiger partial charge in [-0.25, -0.2) is 0 Å². The third kappa shape index (κ3) is 4.47. The van der Waals surface area contributed by atoms with E-state index < -0.39 is 0 Å². The van der Waals surface area contributed by atoms with Crippen LogP contribution in [0.4, 0.5) is 0 Å². The number of benzene rings is 1. The van der Waals surface area contributed by atoms with Crippen molar-refractivity contribution in [3.05, 3.63) is 47.9 Å². The fraction of sp³-hybridized carbons (Fsp3) is 0.429. The number of carbonyl (C=O) groups excluding carboxylic acids is 2. The molecule has 3 rings (SSSR count). The number of rotatable bonds is 8.